The van der Waals surface area contributed by atoms with E-state index in [1.54, 1.807) is 6.07 Å². The number of nitrogen functional groups attached to an aromatic ring is 2. The number of ketones is 1. The molecule has 0 aliphatic heterocycles. The zero-order chi connectivity index (χ0) is 29.1. The molecule has 0 bridgehead atoms. The second-order valence-corrected chi connectivity index (χ2v) is 12.1. The number of nitrogens with two attached hydrogens (primary N) is 2. The molecule has 0 saturated heterocycles. The summed E-state index contributed by atoms with van der Waals surface area (Å²) in [5.74, 6) is 0.652. The van der Waals surface area contributed by atoms with Crippen molar-refractivity contribution in [2.75, 3.05) is 18.1 Å². The first kappa shape index (κ1) is 36.3. The number of hydrogen-bond donors (Lipinski definition) is 2. The zero-order valence-corrected chi connectivity index (χ0v) is 26.7. The van der Waals surface area contributed by atoms with Crippen molar-refractivity contribution in [2.45, 2.75) is 181 Å². The van der Waals surface area contributed by atoms with Crippen molar-refractivity contribution in [1.82, 2.24) is 0 Å². The molecule has 0 aliphatic carbocycles. The van der Waals surface area contributed by atoms with Gasteiger partial charge in [-0.3, -0.25) is 4.79 Å². The normalized spacial score (nSPS) is 11.2. The van der Waals surface area contributed by atoms with Gasteiger partial charge in [0.05, 0.1) is 17.9 Å². The largest absolute Gasteiger partial charge is 0.491 e. The lowest BCUT2D eigenvalue weighted by molar-refractivity contribution is 0.0980. The van der Waals surface area contributed by atoms with Gasteiger partial charge in [0.15, 0.2) is 5.78 Å². The van der Waals surface area contributed by atoms with E-state index in [1.165, 1.54) is 141 Å². The van der Waals surface area contributed by atoms with E-state index >= 15 is 0 Å². The summed E-state index contributed by atoms with van der Waals surface area (Å²) in [6.45, 7) is 5.18. The number of Topliss-reactive ketones (excluding diaryl/α,β-unsaturated/α-hetero) is 1. The average Bonchev–Trinajstić information content (AvgIpc) is 2.95. The molecule has 40 heavy (non-hydrogen) atoms. The van der Waals surface area contributed by atoms with Crippen LogP contribution in [0, 0.1) is 0 Å². The van der Waals surface area contributed by atoms with Crippen LogP contribution < -0.4 is 16.2 Å². The summed E-state index contributed by atoms with van der Waals surface area (Å²) in [5.41, 5.74) is 13.8. The van der Waals surface area contributed by atoms with Gasteiger partial charge in [-0.25, -0.2) is 0 Å². The molecule has 1 rings (SSSR count). The molecule has 0 unspecified atom stereocenters. The Kier molecular flexibility index (Phi) is 23.8. The van der Waals surface area contributed by atoms with Crippen LogP contribution in [0.5, 0.6) is 5.75 Å². The summed E-state index contributed by atoms with van der Waals surface area (Å²) in [6.07, 6.45) is 33.2. The maximum absolute atomic E-state index is 12.9. The third kappa shape index (κ3) is 18.6. The van der Waals surface area contributed by atoms with Crippen molar-refractivity contribution >= 4 is 17.2 Å². The molecule has 0 radical (unpaired) electrons. The highest BCUT2D eigenvalue weighted by Gasteiger charge is 2.17. The fourth-order valence-electron chi connectivity index (χ4n) is 5.61. The van der Waals surface area contributed by atoms with E-state index in [9.17, 15) is 4.79 Å². The summed E-state index contributed by atoms with van der Waals surface area (Å²) >= 11 is 0. The van der Waals surface area contributed by atoms with Gasteiger partial charge in [0.25, 0.3) is 0 Å². The van der Waals surface area contributed by atoms with Gasteiger partial charge in [0.1, 0.15) is 5.75 Å². The van der Waals surface area contributed by atoms with Crippen LogP contribution in [0.25, 0.3) is 0 Å². The molecule has 1 aromatic rings. The highest BCUT2D eigenvalue weighted by atomic mass is 16.5. The number of ether oxygens (including phenoxy) is 1. The Morgan fingerprint density at radius 2 is 0.925 bits per heavy atom. The predicted molar refractivity (Wildman–Crippen MR) is 176 cm³/mol. The third-order valence-corrected chi connectivity index (χ3v) is 8.28. The predicted octanol–water partition coefficient (Wildman–Crippen LogP) is 11.6. The minimum absolute atomic E-state index is 0.0495. The fraction of sp³-hybridized carbons (Fsp3) is 0.806. The maximum atomic E-state index is 12.9. The topological polar surface area (TPSA) is 78.3 Å². The number of anilines is 2. The second-order valence-electron chi connectivity index (χ2n) is 12.1. The first-order valence-electron chi connectivity index (χ1n) is 17.5. The lowest BCUT2D eigenvalue weighted by Crippen LogP contribution is -2.10. The first-order chi connectivity index (χ1) is 19.6. The molecule has 1 aromatic carbocycles. The minimum Gasteiger partial charge on any atom is -0.491 e. The van der Waals surface area contributed by atoms with Gasteiger partial charge in [0.2, 0.25) is 0 Å². The Morgan fingerprint density at radius 3 is 1.35 bits per heavy atom. The van der Waals surface area contributed by atoms with Crippen molar-refractivity contribution in [1.29, 1.82) is 0 Å². The quantitative estimate of drug-likeness (QED) is 0.0582. The minimum atomic E-state index is 0.0495. The molecule has 0 saturated carbocycles. The van der Waals surface area contributed by atoms with Crippen LogP contribution in [0.1, 0.15) is 191 Å². The number of carbonyl (C=O) groups excluding carboxylic acids is 1. The molecule has 4 nitrogen and oxygen atoms in total. The highest BCUT2D eigenvalue weighted by Crippen LogP contribution is 2.32. The van der Waals surface area contributed by atoms with Gasteiger partial charge in [-0.15, -0.1) is 0 Å². The summed E-state index contributed by atoms with van der Waals surface area (Å²) < 4.78 is 5.97. The van der Waals surface area contributed by atoms with E-state index in [0.29, 0.717) is 35.7 Å². The summed E-state index contributed by atoms with van der Waals surface area (Å²) in [7, 11) is 0. The van der Waals surface area contributed by atoms with Crippen LogP contribution in [0.4, 0.5) is 11.4 Å². The Labute approximate surface area is 248 Å². The van der Waals surface area contributed by atoms with Crippen LogP contribution in [-0.4, -0.2) is 12.4 Å². The van der Waals surface area contributed by atoms with E-state index in [-0.39, 0.29) is 5.78 Å². The summed E-state index contributed by atoms with van der Waals surface area (Å²) in [5, 5.41) is 0. The van der Waals surface area contributed by atoms with Gasteiger partial charge < -0.3 is 16.2 Å². The fourth-order valence-corrected chi connectivity index (χ4v) is 5.61. The zero-order valence-electron chi connectivity index (χ0n) is 26.7. The molecular weight excluding hydrogens is 492 g/mol. The molecule has 232 valence electrons. The Bertz CT molecular complexity index is 734. The monoisotopic (exact) mass is 559 g/mol. The van der Waals surface area contributed by atoms with E-state index in [0.717, 1.165) is 19.3 Å². The lowest BCUT2D eigenvalue weighted by Gasteiger charge is -2.14. The molecular formula is C36H66N2O2. The van der Waals surface area contributed by atoms with Gasteiger partial charge >= 0.3 is 0 Å². The second kappa shape index (κ2) is 26.2. The third-order valence-electron chi connectivity index (χ3n) is 8.28. The van der Waals surface area contributed by atoms with Crippen LogP contribution in [0.3, 0.4) is 0 Å². The molecule has 4 N–H and O–H groups in total. The number of carbonyl (C=O) groups is 1. The van der Waals surface area contributed by atoms with Gasteiger partial charge in [0, 0.05) is 12.1 Å². The molecule has 0 spiro atoms. The maximum Gasteiger partial charge on any atom is 0.167 e. The molecule has 0 aliphatic rings. The van der Waals surface area contributed by atoms with Crippen LogP contribution in [-0.2, 0) is 0 Å². The lowest BCUT2D eigenvalue weighted by atomic mass is 9.99. The number of benzene rings is 1. The molecule has 0 heterocycles. The average molecular weight is 559 g/mol. The Morgan fingerprint density at radius 1 is 0.550 bits per heavy atom. The van der Waals surface area contributed by atoms with E-state index in [1.807, 2.05) is 6.07 Å². The van der Waals surface area contributed by atoms with Crippen molar-refractivity contribution < 1.29 is 9.53 Å². The number of unbranched alkanes of at least 4 members (excludes halogenated alkanes) is 23. The Balaban J connectivity index is 2.12. The van der Waals surface area contributed by atoms with E-state index in [4.69, 9.17) is 16.2 Å². The van der Waals surface area contributed by atoms with Crippen LogP contribution in [0.15, 0.2) is 12.1 Å². The van der Waals surface area contributed by atoms with Crippen LogP contribution >= 0.6 is 0 Å². The van der Waals surface area contributed by atoms with Gasteiger partial charge in [-0.2, -0.15) is 0 Å². The summed E-state index contributed by atoms with van der Waals surface area (Å²) in [6, 6.07) is 3.58. The Hall–Kier alpha value is -1.71. The van der Waals surface area contributed by atoms with Crippen molar-refractivity contribution in [3.8, 4) is 5.75 Å². The smallest absolute Gasteiger partial charge is 0.167 e. The van der Waals surface area contributed by atoms with Crippen molar-refractivity contribution in [3.63, 3.8) is 0 Å². The van der Waals surface area contributed by atoms with E-state index in [2.05, 4.69) is 13.8 Å². The molecule has 0 amide bonds. The van der Waals surface area contributed by atoms with Crippen molar-refractivity contribution in [2.24, 2.45) is 0 Å². The first-order valence-corrected chi connectivity index (χ1v) is 17.5. The van der Waals surface area contributed by atoms with Crippen LogP contribution in [0.2, 0.25) is 0 Å². The number of hydrogen-bond acceptors (Lipinski definition) is 4. The summed E-state index contributed by atoms with van der Waals surface area (Å²) in [4.78, 5) is 12.9. The van der Waals surface area contributed by atoms with Gasteiger partial charge in [-0.1, -0.05) is 162 Å². The molecule has 0 atom stereocenters. The molecule has 4 heteroatoms. The molecule has 0 aromatic heterocycles. The standard InChI is InChI=1S/C36H66N2O2/c1-3-5-7-9-11-13-15-17-19-21-23-25-27-31-40-34-30-29-32(37)35(36(34)38)33(39)28-26-24-22-20-18-16-14-12-10-8-6-4-2/h29-30H,3-28,31,37-38H2,1-2H3. The highest BCUT2D eigenvalue weighted by molar-refractivity contribution is 6.06. The van der Waals surface area contributed by atoms with E-state index < -0.39 is 0 Å². The number of rotatable bonds is 29. The SMILES string of the molecule is CCCCCCCCCCCCCCCOc1ccc(N)c(C(=O)CCCCCCCCCCCCCC)c1N. The van der Waals surface area contributed by atoms with Crippen molar-refractivity contribution in [3.05, 3.63) is 17.7 Å². The molecule has 0 fully saturated rings. The van der Waals surface area contributed by atoms with Gasteiger partial charge in [-0.05, 0) is 25.0 Å².